The van der Waals surface area contributed by atoms with Gasteiger partial charge in [-0.15, -0.1) is 0 Å². The first-order valence-electron chi connectivity index (χ1n) is 8.25. The van der Waals surface area contributed by atoms with Gasteiger partial charge in [-0.3, -0.25) is 9.89 Å². The Kier molecular flexibility index (Phi) is 3.89. The van der Waals surface area contributed by atoms with Gasteiger partial charge in [-0.05, 0) is 43.5 Å². The van der Waals surface area contributed by atoms with Crippen molar-refractivity contribution in [3.63, 3.8) is 0 Å². The normalized spacial score (nSPS) is 16.5. The maximum absolute atomic E-state index is 12.7. The first-order valence-corrected chi connectivity index (χ1v) is 8.25. The van der Waals surface area contributed by atoms with Crippen LogP contribution < -0.4 is 5.32 Å². The first-order chi connectivity index (χ1) is 12.1. The highest BCUT2D eigenvalue weighted by Gasteiger charge is 2.28. The molecule has 1 amide bonds. The maximum atomic E-state index is 12.7. The number of aryl methyl sites for hydroxylation is 1. The Morgan fingerprint density at radius 2 is 2.08 bits per heavy atom. The van der Waals surface area contributed by atoms with Gasteiger partial charge in [0.25, 0.3) is 5.91 Å². The monoisotopic (exact) mass is 337 g/mol. The second-order valence-electron chi connectivity index (χ2n) is 6.17. The molecule has 0 spiro atoms. The SMILES string of the molecule is Cc1ccc(-c2[nH]nc(NC(=O)C3OCCc4ccccc43)c2C)o1. The highest BCUT2D eigenvalue weighted by molar-refractivity contribution is 5.95. The summed E-state index contributed by atoms with van der Waals surface area (Å²) in [7, 11) is 0. The van der Waals surface area contributed by atoms with Gasteiger partial charge >= 0.3 is 0 Å². The van der Waals surface area contributed by atoms with Crippen molar-refractivity contribution in [3.05, 3.63) is 58.8 Å². The van der Waals surface area contributed by atoms with Crippen LogP contribution in [0.2, 0.25) is 0 Å². The number of nitrogens with one attached hydrogen (secondary N) is 2. The summed E-state index contributed by atoms with van der Waals surface area (Å²) < 4.78 is 11.3. The van der Waals surface area contributed by atoms with Crippen LogP contribution in [0.4, 0.5) is 5.82 Å². The van der Waals surface area contributed by atoms with E-state index < -0.39 is 6.10 Å². The summed E-state index contributed by atoms with van der Waals surface area (Å²) in [5.74, 6) is 1.79. The molecule has 1 aromatic carbocycles. The minimum atomic E-state index is -0.615. The largest absolute Gasteiger partial charge is 0.460 e. The number of furan rings is 1. The third-order valence-corrected chi connectivity index (χ3v) is 4.47. The van der Waals surface area contributed by atoms with E-state index in [1.165, 1.54) is 0 Å². The van der Waals surface area contributed by atoms with Crippen LogP contribution in [0, 0.1) is 13.8 Å². The number of benzene rings is 1. The number of nitrogens with zero attached hydrogens (tertiary/aromatic N) is 1. The number of anilines is 1. The number of fused-ring (bicyclic) bond motifs is 1. The molecule has 0 saturated carbocycles. The Morgan fingerprint density at radius 3 is 2.88 bits per heavy atom. The van der Waals surface area contributed by atoms with Crippen LogP contribution in [-0.4, -0.2) is 22.7 Å². The Balaban J connectivity index is 1.57. The van der Waals surface area contributed by atoms with E-state index in [1.54, 1.807) is 0 Å². The van der Waals surface area contributed by atoms with E-state index in [4.69, 9.17) is 9.15 Å². The van der Waals surface area contributed by atoms with E-state index in [9.17, 15) is 4.79 Å². The quantitative estimate of drug-likeness (QED) is 0.766. The molecule has 1 aliphatic rings. The van der Waals surface area contributed by atoms with Crippen molar-refractivity contribution in [2.75, 3.05) is 11.9 Å². The fourth-order valence-corrected chi connectivity index (χ4v) is 3.12. The van der Waals surface area contributed by atoms with Crippen molar-refractivity contribution in [2.24, 2.45) is 0 Å². The summed E-state index contributed by atoms with van der Waals surface area (Å²) in [6.07, 6.45) is 0.207. The number of aromatic amines is 1. The van der Waals surface area contributed by atoms with E-state index in [2.05, 4.69) is 15.5 Å². The molecule has 25 heavy (non-hydrogen) atoms. The van der Waals surface area contributed by atoms with Crippen molar-refractivity contribution in [2.45, 2.75) is 26.4 Å². The van der Waals surface area contributed by atoms with Crippen molar-refractivity contribution in [1.29, 1.82) is 0 Å². The smallest absolute Gasteiger partial charge is 0.259 e. The second kappa shape index (κ2) is 6.22. The van der Waals surface area contributed by atoms with Gasteiger partial charge in [-0.25, -0.2) is 0 Å². The van der Waals surface area contributed by atoms with Crippen LogP contribution >= 0.6 is 0 Å². The molecule has 2 aromatic heterocycles. The molecule has 3 heterocycles. The van der Waals surface area contributed by atoms with Crippen LogP contribution in [0.1, 0.15) is 28.6 Å². The Morgan fingerprint density at radius 1 is 1.24 bits per heavy atom. The zero-order valence-electron chi connectivity index (χ0n) is 14.1. The molecule has 6 nitrogen and oxygen atoms in total. The fourth-order valence-electron chi connectivity index (χ4n) is 3.12. The molecule has 0 aliphatic carbocycles. The highest BCUT2D eigenvalue weighted by Crippen LogP contribution is 2.30. The van der Waals surface area contributed by atoms with Gasteiger partial charge in [0.05, 0.1) is 6.61 Å². The molecule has 6 heteroatoms. The molecule has 0 fully saturated rings. The summed E-state index contributed by atoms with van der Waals surface area (Å²) >= 11 is 0. The van der Waals surface area contributed by atoms with E-state index in [0.29, 0.717) is 18.2 Å². The number of ether oxygens (including phenoxy) is 1. The number of carbonyl (C=O) groups is 1. The second-order valence-corrected chi connectivity index (χ2v) is 6.17. The number of rotatable bonds is 3. The molecule has 0 saturated heterocycles. The number of aromatic nitrogens is 2. The van der Waals surface area contributed by atoms with Gasteiger partial charge in [0.15, 0.2) is 17.7 Å². The minimum absolute atomic E-state index is 0.219. The Hall–Kier alpha value is -2.86. The van der Waals surface area contributed by atoms with Crippen LogP contribution in [-0.2, 0) is 16.0 Å². The summed E-state index contributed by atoms with van der Waals surface area (Å²) in [6, 6.07) is 11.6. The average Bonchev–Trinajstić information content (AvgIpc) is 3.20. The zero-order valence-corrected chi connectivity index (χ0v) is 14.1. The average molecular weight is 337 g/mol. The van der Waals surface area contributed by atoms with Gasteiger partial charge in [-0.1, -0.05) is 24.3 Å². The lowest BCUT2D eigenvalue weighted by Gasteiger charge is -2.24. The molecular weight excluding hydrogens is 318 g/mol. The molecule has 1 aliphatic heterocycles. The van der Waals surface area contributed by atoms with Gasteiger partial charge in [0.2, 0.25) is 0 Å². The van der Waals surface area contributed by atoms with E-state index in [-0.39, 0.29) is 5.91 Å². The lowest BCUT2D eigenvalue weighted by atomic mass is 9.97. The fraction of sp³-hybridized carbons (Fsp3) is 0.263. The minimum Gasteiger partial charge on any atom is -0.460 e. The number of hydrogen-bond donors (Lipinski definition) is 2. The molecule has 1 unspecified atom stereocenters. The maximum Gasteiger partial charge on any atom is 0.259 e. The predicted molar refractivity (Wildman–Crippen MR) is 93.2 cm³/mol. The molecular formula is C19H19N3O3. The molecule has 2 N–H and O–H groups in total. The van der Waals surface area contributed by atoms with Crippen LogP contribution in [0.3, 0.4) is 0 Å². The van der Waals surface area contributed by atoms with Crippen molar-refractivity contribution in [3.8, 4) is 11.5 Å². The molecule has 0 radical (unpaired) electrons. The summed E-state index contributed by atoms with van der Waals surface area (Å²) in [4.78, 5) is 12.7. The van der Waals surface area contributed by atoms with E-state index in [0.717, 1.165) is 34.6 Å². The van der Waals surface area contributed by atoms with Crippen molar-refractivity contribution >= 4 is 11.7 Å². The lowest BCUT2D eigenvalue weighted by Crippen LogP contribution is -2.28. The first kappa shape index (κ1) is 15.7. The number of hydrogen-bond acceptors (Lipinski definition) is 4. The number of amides is 1. The van der Waals surface area contributed by atoms with Crippen LogP contribution in [0.25, 0.3) is 11.5 Å². The third-order valence-electron chi connectivity index (χ3n) is 4.47. The zero-order chi connectivity index (χ0) is 17.4. The highest BCUT2D eigenvalue weighted by atomic mass is 16.5. The summed E-state index contributed by atoms with van der Waals surface area (Å²) in [6.45, 7) is 4.31. The molecule has 0 bridgehead atoms. The Labute approximate surface area is 145 Å². The predicted octanol–water partition coefficient (Wildman–Crippen LogP) is 3.54. The number of H-pyrrole nitrogens is 1. The van der Waals surface area contributed by atoms with Gasteiger partial charge in [0, 0.05) is 5.56 Å². The van der Waals surface area contributed by atoms with Gasteiger partial charge in [0.1, 0.15) is 11.5 Å². The topological polar surface area (TPSA) is 80.2 Å². The third kappa shape index (κ3) is 2.85. The summed E-state index contributed by atoms with van der Waals surface area (Å²) in [5, 5.41) is 10.0. The van der Waals surface area contributed by atoms with Crippen LogP contribution in [0.15, 0.2) is 40.8 Å². The standard InChI is InChI=1S/C19H19N3O3/c1-11-7-8-15(25-11)16-12(2)18(22-21-16)20-19(23)17-14-6-4-3-5-13(14)9-10-24-17/h3-8,17H,9-10H2,1-2H3,(H2,20,21,22,23). The van der Waals surface area contributed by atoms with Gasteiger partial charge < -0.3 is 14.5 Å². The summed E-state index contributed by atoms with van der Waals surface area (Å²) in [5.41, 5.74) is 3.65. The van der Waals surface area contributed by atoms with E-state index >= 15 is 0 Å². The molecule has 3 aromatic rings. The number of carbonyl (C=O) groups excluding carboxylic acids is 1. The van der Waals surface area contributed by atoms with Gasteiger partial charge in [-0.2, -0.15) is 5.10 Å². The molecule has 1 atom stereocenters. The molecule has 128 valence electrons. The van der Waals surface area contributed by atoms with Crippen molar-refractivity contribution in [1.82, 2.24) is 10.2 Å². The lowest BCUT2D eigenvalue weighted by molar-refractivity contribution is -0.128. The Bertz CT molecular complexity index is 926. The van der Waals surface area contributed by atoms with Crippen molar-refractivity contribution < 1.29 is 13.9 Å². The molecule has 4 rings (SSSR count). The van der Waals surface area contributed by atoms with E-state index in [1.807, 2.05) is 50.2 Å². The van der Waals surface area contributed by atoms with Crippen LogP contribution in [0.5, 0.6) is 0 Å².